The second-order valence-electron chi connectivity index (χ2n) is 4.48. The number of amides is 1. The Morgan fingerprint density at radius 3 is 2.29 bits per heavy atom. The number of ether oxygens (including phenoxy) is 2. The van der Waals surface area contributed by atoms with E-state index >= 15 is 0 Å². The fourth-order valence-corrected chi connectivity index (χ4v) is 1.44. The van der Waals surface area contributed by atoms with Crippen molar-refractivity contribution in [1.82, 2.24) is 10.6 Å². The van der Waals surface area contributed by atoms with Crippen molar-refractivity contribution in [3.63, 3.8) is 0 Å². The average molecular weight is 246 g/mol. The van der Waals surface area contributed by atoms with Crippen LogP contribution in [0.1, 0.15) is 20.8 Å². The molecule has 0 heterocycles. The summed E-state index contributed by atoms with van der Waals surface area (Å²) in [7, 11) is 3.28. The van der Waals surface area contributed by atoms with Gasteiger partial charge in [0.15, 0.2) is 0 Å². The molecule has 0 aromatic heterocycles. The third-order valence-electron chi connectivity index (χ3n) is 2.61. The van der Waals surface area contributed by atoms with Crippen LogP contribution >= 0.6 is 0 Å². The Morgan fingerprint density at radius 1 is 1.18 bits per heavy atom. The Hall–Kier alpha value is -0.650. The first-order valence-electron chi connectivity index (χ1n) is 6.04. The normalized spacial score (nSPS) is 14.7. The molecular weight excluding hydrogens is 220 g/mol. The van der Waals surface area contributed by atoms with Crippen LogP contribution in [-0.4, -0.2) is 52.0 Å². The van der Waals surface area contributed by atoms with E-state index in [0.717, 1.165) is 0 Å². The van der Waals surface area contributed by atoms with Crippen LogP contribution in [0, 0.1) is 5.92 Å². The molecule has 2 unspecified atom stereocenters. The molecule has 0 saturated carbocycles. The highest BCUT2D eigenvalue weighted by Crippen LogP contribution is 2.03. The van der Waals surface area contributed by atoms with Gasteiger partial charge in [0, 0.05) is 26.8 Å². The fourth-order valence-electron chi connectivity index (χ4n) is 1.44. The Morgan fingerprint density at radius 2 is 1.82 bits per heavy atom. The lowest BCUT2D eigenvalue weighted by Gasteiger charge is -2.25. The zero-order valence-corrected chi connectivity index (χ0v) is 11.6. The molecule has 5 nitrogen and oxygen atoms in total. The summed E-state index contributed by atoms with van der Waals surface area (Å²) >= 11 is 0. The first kappa shape index (κ1) is 16.4. The van der Waals surface area contributed by atoms with Gasteiger partial charge in [0.05, 0.1) is 19.3 Å². The van der Waals surface area contributed by atoms with Gasteiger partial charge in [0.25, 0.3) is 0 Å². The van der Waals surface area contributed by atoms with Crippen LogP contribution in [-0.2, 0) is 14.3 Å². The molecule has 0 rings (SSSR count). The lowest BCUT2D eigenvalue weighted by Crippen LogP contribution is -2.50. The smallest absolute Gasteiger partial charge is 0.236 e. The largest absolute Gasteiger partial charge is 0.383 e. The van der Waals surface area contributed by atoms with Gasteiger partial charge >= 0.3 is 0 Å². The van der Waals surface area contributed by atoms with Crippen LogP contribution in [0.2, 0.25) is 0 Å². The maximum absolute atomic E-state index is 11.7. The summed E-state index contributed by atoms with van der Waals surface area (Å²) in [6.45, 7) is 7.74. The number of rotatable bonds is 9. The highest BCUT2D eigenvalue weighted by molar-refractivity contribution is 5.81. The van der Waals surface area contributed by atoms with E-state index in [9.17, 15) is 4.79 Å². The molecule has 0 fully saturated rings. The van der Waals surface area contributed by atoms with Crippen LogP contribution in [0.5, 0.6) is 0 Å². The van der Waals surface area contributed by atoms with Crippen molar-refractivity contribution in [2.24, 2.45) is 5.92 Å². The van der Waals surface area contributed by atoms with Crippen LogP contribution in [0.4, 0.5) is 0 Å². The summed E-state index contributed by atoms with van der Waals surface area (Å²) in [5.74, 6) is 0.410. The molecule has 2 N–H and O–H groups in total. The third-order valence-corrected chi connectivity index (χ3v) is 2.61. The van der Waals surface area contributed by atoms with Gasteiger partial charge in [-0.25, -0.2) is 0 Å². The standard InChI is InChI=1S/C12H26N2O3/c1-9(2)11(8-17-5)14-10(3)12(15)13-6-7-16-4/h9-11,14H,6-8H2,1-5H3,(H,13,15). The van der Waals surface area contributed by atoms with Crippen LogP contribution in [0.15, 0.2) is 0 Å². The third kappa shape index (κ3) is 7.31. The molecule has 0 aromatic rings. The Kier molecular flexibility index (Phi) is 9.03. The molecule has 0 aliphatic carbocycles. The van der Waals surface area contributed by atoms with Crippen molar-refractivity contribution in [2.75, 3.05) is 34.0 Å². The van der Waals surface area contributed by atoms with Crippen molar-refractivity contribution in [1.29, 1.82) is 0 Å². The molecule has 2 atom stereocenters. The molecule has 5 heteroatoms. The predicted octanol–water partition coefficient (Wildman–Crippen LogP) is 0.398. The van der Waals surface area contributed by atoms with E-state index in [0.29, 0.717) is 25.7 Å². The Balaban J connectivity index is 4.02. The van der Waals surface area contributed by atoms with Crippen molar-refractivity contribution in [3.8, 4) is 0 Å². The number of carbonyl (C=O) groups is 1. The zero-order valence-electron chi connectivity index (χ0n) is 11.6. The quantitative estimate of drug-likeness (QED) is 0.578. The summed E-state index contributed by atoms with van der Waals surface area (Å²) < 4.78 is 10.0. The molecule has 0 aliphatic rings. The van der Waals surface area contributed by atoms with Crippen molar-refractivity contribution in [2.45, 2.75) is 32.9 Å². The molecule has 1 amide bonds. The van der Waals surface area contributed by atoms with Crippen molar-refractivity contribution >= 4 is 5.91 Å². The fraction of sp³-hybridized carbons (Fsp3) is 0.917. The Labute approximate surface area is 104 Å². The topological polar surface area (TPSA) is 59.6 Å². The van der Waals surface area contributed by atoms with Gasteiger partial charge in [0.1, 0.15) is 0 Å². The lowest BCUT2D eigenvalue weighted by molar-refractivity contribution is -0.123. The Bertz CT molecular complexity index is 210. The van der Waals surface area contributed by atoms with E-state index in [4.69, 9.17) is 9.47 Å². The van der Waals surface area contributed by atoms with Gasteiger partial charge in [-0.05, 0) is 12.8 Å². The molecule has 0 radical (unpaired) electrons. The van der Waals surface area contributed by atoms with E-state index in [1.165, 1.54) is 0 Å². The molecule has 0 aromatic carbocycles. The summed E-state index contributed by atoms with van der Waals surface area (Å²) in [6.07, 6.45) is 0. The average Bonchev–Trinajstić information content (AvgIpc) is 2.28. The summed E-state index contributed by atoms with van der Waals surface area (Å²) in [5, 5.41) is 6.07. The highest BCUT2D eigenvalue weighted by Gasteiger charge is 2.19. The summed E-state index contributed by atoms with van der Waals surface area (Å²) in [4.78, 5) is 11.7. The molecule has 17 heavy (non-hydrogen) atoms. The molecule has 0 spiro atoms. The number of hydrogen-bond donors (Lipinski definition) is 2. The highest BCUT2D eigenvalue weighted by atomic mass is 16.5. The van der Waals surface area contributed by atoms with Crippen LogP contribution in [0.25, 0.3) is 0 Å². The number of methoxy groups -OCH3 is 2. The maximum Gasteiger partial charge on any atom is 0.236 e. The number of nitrogens with one attached hydrogen (secondary N) is 2. The monoisotopic (exact) mass is 246 g/mol. The van der Waals surface area contributed by atoms with Crippen LogP contribution < -0.4 is 10.6 Å². The molecule has 0 bridgehead atoms. The predicted molar refractivity (Wildman–Crippen MR) is 68.0 cm³/mol. The van der Waals surface area contributed by atoms with Gasteiger partial charge in [-0.3, -0.25) is 4.79 Å². The zero-order chi connectivity index (χ0) is 13.3. The van der Waals surface area contributed by atoms with Gasteiger partial charge in [-0.15, -0.1) is 0 Å². The molecule has 102 valence electrons. The number of carbonyl (C=O) groups excluding carboxylic acids is 1. The SMILES string of the molecule is COCCNC(=O)C(C)NC(COC)C(C)C. The number of hydrogen-bond acceptors (Lipinski definition) is 4. The lowest BCUT2D eigenvalue weighted by atomic mass is 10.0. The summed E-state index contributed by atoms with van der Waals surface area (Å²) in [6, 6.07) is -0.0439. The second kappa shape index (κ2) is 9.39. The van der Waals surface area contributed by atoms with Crippen LogP contribution in [0.3, 0.4) is 0 Å². The van der Waals surface area contributed by atoms with Gasteiger partial charge in [0.2, 0.25) is 5.91 Å². The minimum Gasteiger partial charge on any atom is -0.383 e. The minimum absolute atomic E-state index is 0.0104. The van der Waals surface area contributed by atoms with Crippen molar-refractivity contribution < 1.29 is 14.3 Å². The van der Waals surface area contributed by atoms with E-state index in [-0.39, 0.29) is 18.0 Å². The molecule has 0 saturated heterocycles. The van der Waals surface area contributed by atoms with Gasteiger partial charge in [-0.2, -0.15) is 0 Å². The second-order valence-corrected chi connectivity index (χ2v) is 4.48. The van der Waals surface area contributed by atoms with Gasteiger partial charge in [-0.1, -0.05) is 13.8 Å². The first-order valence-corrected chi connectivity index (χ1v) is 6.04. The molecular formula is C12H26N2O3. The van der Waals surface area contributed by atoms with E-state index in [1.807, 2.05) is 6.92 Å². The molecule has 0 aliphatic heterocycles. The maximum atomic E-state index is 11.7. The van der Waals surface area contributed by atoms with Gasteiger partial charge < -0.3 is 20.1 Å². The van der Waals surface area contributed by atoms with E-state index < -0.39 is 0 Å². The minimum atomic E-state index is -0.227. The van der Waals surface area contributed by atoms with E-state index in [2.05, 4.69) is 24.5 Å². The first-order chi connectivity index (χ1) is 8.02. The summed E-state index contributed by atoms with van der Waals surface area (Å²) in [5.41, 5.74) is 0. The van der Waals surface area contributed by atoms with E-state index in [1.54, 1.807) is 14.2 Å². The van der Waals surface area contributed by atoms with Crippen molar-refractivity contribution in [3.05, 3.63) is 0 Å².